The summed E-state index contributed by atoms with van der Waals surface area (Å²) in [6.45, 7) is 14.5. The summed E-state index contributed by atoms with van der Waals surface area (Å²) in [5.41, 5.74) is 0.609. The second kappa shape index (κ2) is 10.8. The van der Waals surface area contributed by atoms with E-state index in [1.165, 1.54) is 6.92 Å². The summed E-state index contributed by atoms with van der Waals surface area (Å²) < 4.78 is 29.6. The van der Waals surface area contributed by atoms with Gasteiger partial charge in [-0.3, -0.25) is 4.79 Å². The fourth-order valence-corrected chi connectivity index (χ4v) is 4.30. The Labute approximate surface area is 174 Å². The Morgan fingerprint density at radius 1 is 1.00 bits per heavy atom. The van der Waals surface area contributed by atoms with Crippen LogP contribution < -0.4 is 9.61 Å². The molecule has 29 heavy (non-hydrogen) atoms. The molecule has 0 saturated heterocycles. The van der Waals surface area contributed by atoms with E-state index in [-0.39, 0.29) is 24.5 Å². The molecule has 0 amide bonds. The lowest BCUT2D eigenvalue weighted by atomic mass is 9.94. The van der Waals surface area contributed by atoms with Crippen LogP contribution in [-0.4, -0.2) is 30.4 Å². The van der Waals surface area contributed by atoms with Crippen LogP contribution in [0.3, 0.4) is 0 Å². The Balaban J connectivity index is 3.39. The first kappa shape index (κ1) is 25.2. The summed E-state index contributed by atoms with van der Waals surface area (Å²) in [6.07, 6.45) is -0.344. The third-order valence-electron chi connectivity index (χ3n) is 4.12. The highest BCUT2D eigenvalue weighted by atomic mass is 31.2. The van der Waals surface area contributed by atoms with Gasteiger partial charge in [0.15, 0.2) is 0 Å². The number of rotatable bonds is 10. The average molecular weight is 427 g/mol. The molecule has 0 bridgehead atoms. The van der Waals surface area contributed by atoms with Crippen molar-refractivity contribution in [2.45, 2.75) is 79.4 Å². The Morgan fingerprint density at radius 2 is 1.52 bits per heavy atom. The Bertz CT molecular complexity index is 733. The summed E-state index contributed by atoms with van der Waals surface area (Å²) in [5, 5.41) is 2.55. The number of carbonyl (C=O) groups is 2. The number of ether oxygens (including phenoxy) is 2. The molecule has 2 atom stereocenters. The molecule has 1 aromatic rings. The van der Waals surface area contributed by atoms with Crippen molar-refractivity contribution in [3.05, 3.63) is 29.3 Å². The minimum Gasteiger partial charge on any atom is -0.462 e. The number of para-hydroxylation sites is 1. The molecule has 7 nitrogen and oxygen atoms in total. The van der Waals surface area contributed by atoms with E-state index in [4.69, 9.17) is 14.0 Å². The van der Waals surface area contributed by atoms with Gasteiger partial charge in [-0.1, -0.05) is 45.9 Å². The number of hydrogen-bond acceptors (Lipinski definition) is 6. The van der Waals surface area contributed by atoms with Crippen LogP contribution in [0.25, 0.3) is 0 Å². The van der Waals surface area contributed by atoms with Gasteiger partial charge in [0, 0.05) is 0 Å². The lowest BCUT2D eigenvalue weighted by Crippen LogP contribution is -2.37. The smallest absolute Gasteiger partial charge is 0.424 e. The van der Waals surface area contributed by atoms with Gasteiger partial charge in [0.05, 0.1) is 12.7 Å². The van der Waals surface area contributed by atoms with Crippen molar-refractivity contribution in [1.82, 2.24) is 5.09 Å². The summed E-state index contributed by atoms with van der Waals surface area (Å²) >= 11 is 0. The van der Waals surface area contributed by atoms with E-state index in [0.29, 0.717) is 5.75 Å². The molecule has 0 radical (unpaired) electrons. The largest absolute Gasteiger partial charge is 0.462 e. The van der Waals surface area contributed by atoms with E-state index < -0.39 is 25.2 Å². The van der Waals surface area contributed by atoms with E-state index in [2.05, 4.69) is 5.09 Å². The third kappa shape index (κ3) is 6.86. The highest BCUT2D eigenvalue weighted by Crippen LogP contribution is 2.49. The van der Waals surface area contributed by atoms with Gasteiger partial charge in [-0.05, 0) is 50.7 Å². The number of nitrogens with one attached hydrogen (secondary N) is 1. The molecule has 1 N–H and O–H groups in total. The molecular weight excluding hydrogens is 393 g/mol. The second-order valence-electron chi connectivity index (χ2n) is 7.75. The third-order valence-corrected chi connectivity index (χ3v) is 5.89. The molecule has 164 valence electrons. The maximum absolute atomic E-state index is 13.6. The van der Waals surface area contributed by atoms with Crippen LogP contribution in [0.5, 0.6) is 5.75 Å². The lowest BCUT2D eigenvalue weighted by molar-refractivity contribution is -0.149. The quantitative estimate of drug-likeness (QED) is 0.384. The molecule has 0 spiro atoms. The van der Waals surface area contributed by atoms with Crippen LogP contribution in [0.4, 0.5) is 4.79 Å². The highest BCUT2D eigenvalue weighted by Gasteiger charge is 2.41. The standard InChI is InChI=1S/C21H34NO6P/c1-9-26-21(24)29(25,22-16(8)20(23)27-15(6)7)28-19-17(13(2)3)11-10-12-18(19)14(4)5/h10-16H,9H2,1-8H3,(H,22,25)/t16?,29-/m0/s1. The van der Waals surface area contributed by atoms with Crippen LogP contribution in [0, 0.1) is 0 Å². The molecule has 1 aromatic carbocycles. The van der Waals surface area contributed by atoms with Gasteiger partial charge in [-0.25, -0.2) is 14.4 Å². The fourth-order valence-electron chi connectivity index (χ4n) is 2.68. The lowest BCUT2D eigenvalue weighted by Gasteiger charge is -2.26. The summed E-state index contributed by atoms with van der Waals surface area (Å²) in [5.74, 6) is -0.106. The topological polar surface area (TPSA) is 90.9 Å². The number of esters is 1. The number of benzene rings is 1. The summed E-state index contributed by atoms with van der Waals surface area (Å²) in [4.78, 5) is 24.8. The zero-order valence-electron chi connectivity index (χ0n) is 18.6. The molecule has 8 heteroatoms. The van der Waals surface area contributed by atoms with Crippen LogP contribution in [-0.2, 0) is 18.8 Å². The molecule has 0 saturated carbocycles. The van der Waals surface area contributed by atoms with Gasteiger partial charge in [0.25, 0.3) is 0 Å². The van der Waals surface area contributed by atoms with E-state index in [1.54, 1.807) is 20.8 Å². The molecule has 0 aliphatic carbocycles. The molecule has 0 aliphatic heterocycles. The van der Waals surface area contributed by atoms with Crippen molar-refractivity contribution in [1.29, 1.82) is 0 Å². The van der Waals surface area contributed by atoms with Crippen molar-refractivity contribution in [3.8, 4) is 5.75 Å². The number of carbonyl (C=O) groups excluding carboxylic acids is 2. The van der Waals surface area contributed by atoms with Gasteiger partial charge in [-0.2, -0.15) is 0 Å². The van der Waals surface area contributed by atoms with Gasteiger partial charge >= 0.3 is 19.2 Å². The first-order valence-corrected chi connectivity index (χ1v) is 11.6. The Hall–Kier alpha value is -1.85. The molecule has 0 fully saturated rings. The average Bonchev–Trinajstić information content (AvgIpc) is 2.60. The van der Waals surface area contributed by atoms with Gasteiger partial charge in [-0.15, -0.1) is 0 Å². The highest BCUT2D eigenvalue weighted by molar-refractivity contribution is 7.74. The SMILES string of the molecule is CCOC(=O)[P@@](=O)(NC(C)C(=O)OC(C)C)Oc1c(C(C)C)cccc1C(C)C. The van der Waals surface area contributed by atoms with Crippen LogP contribution >= 0.6 is 7.52 Å². The minimum absolute atomic E-state index is 0.0293. The second-order valence-corrected chi connectivity index (χ2v) is 9.66. The number of hydrogen-bond donors (Lipinski definition) is 1. The van der Waals surface area contributed by atoms with Gasteiger partial charge in [0.1, 0.15) is 11.8 Å². The zero-order valence-corrected chi connectivity index (χ0v) is 19.5. The van der Waals surface area contributed by atoms with Gasteiger partial charge < -0.3 is 14.0 Å². The first-order chi connectivity index (χ1) is 13.4. The van der Waals surface area contributed by atoms with Gasteiger partial charge in [0.2, 0.25) is 0 Å². The normalized spacial score (nSPS) is 14.6. The van der Waals surface area contributed by atoms with Crippen molar-refractivity contribution >= 4 is 19.2 Å². The predicted octanol–water partition coefficient (Wildman–Crippen LogP) is 5.59. The van der Waals surface area contributed by atoms with E-state index in [9.17, 15) is 14.2 Å². The predicted molar refractivity (Wildman–Crippen MR) is 114 cm³/mol. The molecule has 0 aromatic heterocycles. The van der Waals surface area contributed by atoms with Crippen LogP contribution in [0.15, 0.2) is 18.2 Å². The first-order valence-electron chi connectivity index (χ1n) is 10.0. The fraction of sp³-hybridized carbons (Fsp3) is 0.619. The monoisotopic (exact) mass is 427 g/mol. The molecule has 1 rings (SSSR count). The molecule has 0 heterocycles. The summed E-state index contributed by atoms with van der Waals surface area (Å²) in [6, 6.07) is 4.62. The Kier molecular flexibility index (Phi) is 9.37. The molecular formula is C21H34NO6P. The van der Waals surface area contributed by atoms with Crippen LogP contribution in [0.2, 0.25) is 0 Å². The maximum Gasteiger partial charge on any atom is 0.424 e. The molecule has 0 aliphatic rings. The van der Waals surface area contributed by atoms with E-state index >= 15 is 0 Å². The van der Waals surface area contributed by atoms with Crippen molar-refractivity contribution in [2.24, 2.45) is 0 Å². The molecule has 1 unspecified atom stereocenters. The van der Waals surface area contributed by atoms with E-state index in [0.717, 1.165) is 11.1 Å². The van der Waals surface area contributed by atoms with E-state index in [1.807, 2.05) is 45.9 Å². The van der Waals surface area contributed by atoms with Crippen molar-refractivity contribution in [2.75, 3.05) is 6.61 Å². The maximum atomic E-state index is 13.6. The zero-order chi connectivity index (χ0) is 22.4. The Morgan fingerprint density at radius 3 is 1.93 bits per heavy atom. The summed E-state index contributed by atoms with van der Waals surface area (Å²) in [7, 11) is -4.25. The van der Waals surface area contributed by atoms with Crippen molar-refractivity contribution < 1.29 is 28.2 Å². The minimum atomic E-state index is -4.25. The van der Waals surface area contributed by atoms with Crippen molar-refractivity contribution in [3.63, 3.8) is 0 Å². The van der Waals surface area contributed by atoms with Crippen LogP contribution in [0.1, 0.15) is 78.4 Å².